The fourth-order valence-electron chi connectivity index (χ4n) is 2.25. The highest BCUT2D eigenvalue weighted by Gasteiger charge is 2.21. The van der Waals surface area contributed by atoms with Crippen molar-refractivity contribution in [1.29, 1.82) is 0 Å². The van der Waals surface area contributed by atoms with Gasteiger partial charge in [-0.1, -0.05) is 0 Å². The quantitative estimate of drug-likeness (QED) is 0.685. The summed E-state index contributed by atoms with van der Waals surface area (Å²) in [5, 5.41) is 6.28. The summed E-state index contributed by atoms with van der Waals surface area (Å²) in [6, 6.07) is 0.881. The van der Waals surface area contributed by atoms with Gasteiger partial charge in [0.2, 0.25) is 5.91 Å². The van der Waals surface area contributed by atoms with Crippen molar-refractivity contribution >= 4 is 5.91 Å². The van der Waals surface area contributed by atoms with E-state index in [2.05, 4.69) is 22.5 Å². The van der Waals surface area contributed by atoms with Crippen LogP contribution in [0, 0.1) is 0 Å². The second kappa shape index (κ2) is 5.64. The molecule has 4 heteroatoms. The fourth-order valence-corrected chi connectivity index (χ4v) is 2.25. The molecular weight excluding hydrogens is 202 g/mol. The van der Waals surface area contributed by atoms with Gasteiger partial charge in [-0.3, -0.25) is 4.79 Å². The van der Waals surface area contributed by atoms with E-state index in [1.807, 2.05) is 0 Å². The molecule has 0 aromatic carbocycles. The molecule has 2 rings (SSSR count). The van der Waals surface area contributed by atoms with E-state index in [1.54, 1.807) is 0 Å². The number of nitrogens with zero attached hydrogens (tertiary/aromatic N) is 1. The SMILES string of the molecule is CC(CN1CCCC1)NC(=O)CNC1CC1. The summed E-state index contributed by atoms with van der Waals surface area (Å²) in [5.41, 5.74) is 0. The summed E-state index contributed by atoms with van der Waals surface area (Å²) < 4.78 is 0. The molecule has 1 aliphatic carbocycles. The molecule has 2 aliphatic rings. The van der Waals surface area contributed by atoms with Crippen LogP contribution in [-0.4, -0.2) is 49.1 Å². The highest BCUT2D eigenvalue weighted by molar-refractivity contribution is 5.78. The molecule has 0 aromatic rings. The average molecular weight is 225 g/mol. The van der Waals surface area contributed by atoms with E-state index in [0.717, 1.165) is 6.54 Å². The monoisotopic (exact) mass is 225 g/mol. The lowest BCUT2D eigenvalue weighted by Gasteiger charge is -2.21. The zero-order valence-corrected chi connectivity index (χ0v) is 10.2. The third-order valence-corrected chi connectivity index (χ3v) is 3.27. The lowest BCUT2D eigenvalue weighted by molar-refractivity contribution is -0.120. The largest absolute Gasteiger partial charge is 0.351 e. The number of hydrogen-bond donors (Lipinski definition) is 2. The Morgan fingerprint density at radius 1 is 1.38 bits per heavy atom. The van der Waals surface area contributed by atoms with Crippen molar-refractivity contribution in [3.63, 3.8) is 0 Å². The molecule has 1 atom stereocenters. The smallest absolute Gasteiger partial charge is 0.234 e. The second-order valence-corrected chi connectivity index (χ2v) is 5.13. The van der Waals surface area contributed by atoms with Crippen LogP contribution in [0.1, 0.15) is 32.6 Å². The summed E-state index contributed by atoms with van der Waals surface area (Å²) in [5.74, 6) is 0.138. The lowest BCUT2D eigenvalue weighted by Crippen LogP contribution is -2.44. The van der Waals surface area contributed by atoms with Gasteiger partial charge in [0, 0.05) is 18.6 Å². The first-order valence-electron chi connectivity index (χ1n) is 6.49. The molecule has 0 bridgehead atoms. The molecule has 0 aromatic heterocycles. The highest BCUT2D eigenvalue weighted by atomic mass is 16.2. The first kappa shape index (κ1) is 11.9. The Hall–Kier alpha value is -0.610. The number of nitrogens with one attached hydrogen (secondary N) is 2. The van der Waals surface area contributed by atoms with E-state index in [0.29, 0.717) is 12.6 Å². The molecule has 1 aliphatic heterocycles. The third kappa shape index (κ3) is 4.10. The van der Waals surface area contributed by atoms with Crippen LogP contribution in [-0.2, 0) is 4.79 Å². The van der Waals surface area contributed by atoms with Crippen LogP contribution in [0.2, 0.25) is 0 Å². The molecule has 0 radical (unpaired) electrons. The van der Waals surface area contributed by atoms with Crippen molar-refractivity contribution in [1.82, 2.24) is 15.5 Å². The molecule has 1 heterocycles. The predicted molar refractivity (Wildman–Crippen MR) is 64.3 cm³/mol. The van der Waals surface area contributed by atoms with Crippen LogP contribution in [0.3, 0.4) is 0 Å². The molecule has 1 unspecified atom stereocenters. The van der Waals surface area contributed by atoms with E-state index >= 15 is 0 Å². The summed E-state index contributed by atoms with van der Waals surface area (Å²) in [4.78, 5) is 14.0. The zero-order chi connectivity index (χ0) is 11.4. The molecule has 2 fully saturated rings. The Balaban J connectivity index is 1.57. The Morgan fingerprint density at radius 2 is 2.06 bits per heavy atom. The number of hydrogen-bond acceptors (Lipinski definition) is 3. The normalized spacial score (nSPS) is 23.3. The third-order valence-electron chi connectivity index (χ3n) is 3.27. The average Bonchev–Trinajstić information content (AvgIpc) is 2.94. The van der Waals surface area contributed by atoms with Gasteiger partial charge in [0.15, 0.2) is 0 Å². The van der Waals surface area contributed by atoms with Crippen molar-refractivity contribution in [2.24, 2.45) is 0 Å². The van der Waals surface area contributed by atoms with Gasteiger partial charge in [0.05, 0.1) is 6.54 Å². The summed E-state index contributed by atoms with van der Waals surface area (Å²) in [7, 11) is 0. The maximum atomic E-state index is 11.6. The topological polar surface area (TPSA) is 44.4 Å². The molecule has 1 amide bonds. The Kier molecular flexibility index (Phi) is 4.18. The molecule has 0 spiro atoms. The number of carbonyl (C=O) groups excluding carboxylic acids is 1. The van der Waals surface area contributed by atoms with Crippen molar-refractivity contribution in [2.75, 3.05) is 26.2 Å². The van der Waals surface area contributed by atoms with E-state index in [1.165, 1.54) is 38.8 Å². The molecule has 16 heavy (non-hydrogen) atoms. The molecule has 1 saturated carbocycles. The molecule has 4 nitrogen and oxygen atoms in total. The Bertz CT molecular complexity index is 234. The minimum absolute atomic E-state index is 0.138. The minimum Gasteiger partial charge on any atom is -0.351 e. The van der Waals surface area contributed by atoms with Gasteiger partial charge in [-0.15, -0.1) is 0 Å². The van der Waals surface area contributed by atoms with Crippen LogP contribution in [0.5, 0.6) is 0 Å². The molecule has 2 N–H and O–H groups in total. The molecule has 1 saturated heterocycles. The van der Waals surface area contributed by atoms with Crippen molar-refractivity contribution in [2.45, 2.75) is 44.7 Å². The van der Waals surface area contributed by atoms with Gasteiger partial charge in [-0.2, -0.15) is 0 Å². The van der Waals surface area contributed by atoms with Gasteiger partial charge in [0.25, 0.3) is 0 Å². The predicted octanol–water partition coefficient (Wildman–Crippen LogP) is 0.339. The van der Waals surface area contributed by atoms with E-state index in [9.17, 15) is 4.79 Å². The van der Waals surface area contributed by atoms with Crippen LogP contribution < -0.4 is 10.6 Å². The van der Waals surface area contributed by atoms with Crippen LogP contribution in [0.4, 0.5) is 0 Å². The van der Waals surface area contributed by atoms with Crippen LogP contribution in [0.25, 0.3) is 0 Å². The second-order valence-electron chi connectivity index (χ2n) is 5.13. The standard InChI is InChI=1S/C12H23N3O/c1-10(9-15-6-2-3-7-15)14-12(16)8-13-11-4-5-11/h10-11,13H,2-9H2,1H3,(H,14,16). The van der Waals surface area contributed by atoms with E-state index < -0.39 is 0 Å². The van der Waals surface area contributed by atoms with Crippen LogP contribution in [0.15, 0.2) is 0 Å². The summed E-state index contributed by atoms with van der Waals surface area (Å²) in [6.07, 6.45) is 5.08. The maximum absolute atomic E-state index is 11.6. The number of likely N-dealkylation sites (tertiary alicyclic amines) is 1. The van der Waals surface area contributed by atoms with Gasteiger partial charge in [0.1, 0.15) is 0 Å². The first-order chi connectivity index (χ1) is 7.74. The maximum Gasteiger partial charge on any atom is 0.234 e. The number of amides is 1. The Labute approximate surface area is 97.8 Å². The van der Waals surface area contributed by atoms with Crippen LogP contribution >= 0.6 is 0 Å². The highest BCUT2D eigenvalue weighted by Crippen LogP contribution is 2.17. The van der Waals surface area contributed by atoms with Crippen molar-refractivity contribution < 1.29 is 4.79 Å². The van der Waals surface area contributed by atoms with Crippen molar-refractivity contribution in [3.05, 3.63) is 0 Å². The van der Waals surface area contributed by atoms with Gasteiger partial charge in [-0.05, 0) is 45.7 Å². The van der Waals surface area contributed by atoms with Gasteiger partial charge >= 0.3 is 0 Å². The fraction of sp³-hybridized carbons (Fsp3) is 0.917. The number of carbonyl (C=O) groups is 1. The summed E-state index contributed by atoms with van der Waals surface area (Å²) in [6.45, 7) is 5.96. The number of rotatable bonds is 6. The van der Waals surface area contributed by atoms with Crippen molar-refractivity contribution in [3.8, 4) is 0 Å². The molecule has 92 valence electrons. The van der Waals surface area contributed by atoms with Gasteiger partial charge in [-0.25, -0.2) is 0 Å². The zero-order valence-electron chi connectivity index (χ0n) is 10.2. The van der Waals surface area contributed by atoms with E-state index in [4.69, 9.17) is 0 Å². The first-order valence-corrected chi connectivity index (χ1v) is 6.49. The lowest BCUT2D eigenvalue weighted by atomic mass is 10.3. The minimum atomic E-state index is 0.138. The van der Waals surface area contributed by atoms with Gasteiger partial charge < -0.3 is 15.5 Å². The molecular formula is C12H23N3O. The Morgan fingerprint density at radius 3 is 2.69 bits per heavy atom. The summed E-state index contributed by atoms with van der Waals surface area (Å²) >= 11 is 0. The van der Waals surface area contributed by atoms with E-state index in [-0.39, 0.29) is 11.9 Å².